The van der Waals surface area contributed by atoms with Crippen LogP contribution < -0.4 is 14.4 Å². The highest BCUT2D eigenvalue weighted by Gasteiger charge is 2.22. The van der Waals surface area contributed by atoms with Gasteiger partial charge in [-0.15, -0.1) is 0 Å². The zero-order valence-corrected chi connectivity index (χ0v) is 14.1. The first-order chi connectivity index (χ1) is 11.7. The van der Waals surface area contributed by atoms with E-state index in [0.29, 0.717) is 24.4 Å². The summed E-state index contributed by atoms with van der Waals surface area (Å²) in [4.78, 5) is 16.8. The molecule has 0 N–H and O–H groups in total. The van der Waals surface area contributed by atoms with Crippen LogP contribution in [0, 0.1) is 0 Å². The molecule has 1 heterocycles. The molecule has 5 nitrogen and oxygen atoms in total. The first-order valence-electron chi connectivity index (χ1n) is 8.03. The summed E-state index contributed by atoms with van der Waals surface area (Å²) >= 11 is 0. The number of ether oxygens (including phenoxy) is 2. The Morgan fingerprint density at radius 2 is 1.50 bits per heavy atom. The molecule has 1 amide bonds. The van der Waals surface area contributed by atoms with Crippen molar-refractivity contribution in [3.63, 3.8) is 0 Å². The van der Waals surface area contributed by atoms with E-state index in [2.05, 4.69) is 11.0 Å². The number of rotatable bonds is 4. The zero-order valence-electron chi connectivity index (χ0n) is 14.1. The van der Waals surface area contributed by atoms with Crippen LogP contribution in [-0.2, 0) is 0 Å². The quantitative estimate of drug-likeness (QED) is 0.866. The molecule has 1 saturated heterocycles. The zero-order chi connectivity index (χ0) is 16.9. The highest BCUT2D eigenvalue weighted by molar-refractivity contribution is 5.94. The lowest BCUT2D eigenvalue weighted by Crippen LogP contribution is -2.48. The van der Waals surface area contributed by atoms with E-state index in [0.717, 1.165) is 24.5 Å². The van der Waals surface area contributed by atoms with Crippen molar-refractivity contribution in [2.24, 2.45) is 0 Å². The largest absolute Gasteiger partial charge is 0.497 e. The number of amides is 1. The van der Waals surface area contributed by atoms with Gasteiger partial charge in [0.25, 0.3) is 5.91 Å². The molecule has 0 spiro atoms. The minimum absolute atomic E-state index is 0.0548. The van der Waals surface area contributed by atoms with Gasteiger partial charge in [-0.1, -0.05) is 12.1 Å². The molecular formula is C19H22N2O3. The predicted molar refractivity (Wildman–Crippen MR) is 94.1 cm³/mol. The molecule has 1 aliphatic heterocycles. The smallest absolute Gasteiger partial charge is 0.254 e. The Bertz CT molecular complexity index is 709. The number of methoxy groups -OCH3 is 2. The maximum absolute atomic E-state index is 12.6. The number of nitrogens with zero attached hydrogens (tertiary/aromatic N) is 2. The first-order valence-corrected chi connectivity index (χ1v) is 8.03. The van der Waals surface area contributed by atoms with Crippen LogP contribution in [0.15, 0.2) is 48.5 Å². The van der Waals surface area contributed by atoms with E-state index in [1.165, 1.54) is 0 Å². The second-order valence-corrected chi connectivity index (χ2v) is 5.71. The van der Waals surface area contributed by atoms with Gasteiger partial charge in [0.05, 0.1) is 14.2 Å². The molecule has 5 heteroatoms. The number of anilines is 1. The van der Waals surface area contributed by atoms with Crippen molar-refractivity contribution in [3.8, 4) is 11.5 Å². The summed E-state index contributed by atoms with van der Waals surface area (Å²) in [7, 11) is 3.28. The summed E-state index contributed by atoms with van der Waals surface area (Å²) in [5.41, 5.74) is 1.80. The molecule has 24 heavy (non-hydrogen) atoms. The van der Waals surface area contributed by atoms with Gasteiger partial charge in [-0.25, -0.2) is 0 Å². The monoisotopic (exact) mass is 326 g/mol. The fraction of sp³-hybridized carbons (Fsp3) is 0.316. The van der Waals surface area contributed by atoms with Crippen LogP contribution >= 0.6 is 0 Å². The van der Waals surface area contributed by atoms with Crippen LogP contribution in [0.1, 0.15) is 10.4 Å². The predicted octanol–water partition coefficient (Wildman–Crippen LogP) is 2.67. The minimum atomic E-state index is 0.0548. The fourth-order valence-corrected chi connectivity index (χ4v) is 2.91. The van der Waals surface area contributed by atoms with E-state index < -0.39 is 0 Å². The van der Waals surface area contributed by atoms with Crippen molar-refractivity contribution >= 4 is 11.6 Å². The first kappa shape index (κ1) is 16.2. The van der Waals surface area contributed by atoms with Gasteiger partial charge in [0, 0.05) is 43.5 Å². The standard InChI is InChI=1S/C19H22N2O3/c1-23-17-7-3-5-15(13-17)19(22)21-11-9-20(10-12-21)16-6-4-8-18(14-16)24-2/h3-8,13-14H,9-12H2,1-2H3. The van der Waals surface area contributed by atoms with E-state index in [1.54, 1.807) is 20.3 Å². The van der Waals surface area contributed by atoms with Gasteiger partial charge in [0.15, 0.2) is 0 Å². The fourth-order valence-electron chi connectivity index (χ4n) is 2.91. The van der Waals surface area contributed by atoms with Crippen LogP contribution in [-0.4, -0.2) is 51.2 Å². The Morgan fingerprint density at radius 3 is 2.17 bits per heavy atom. The van der Waals surface area contributed by atoms with Crippen molar-refractivity contribution in [1.82, 2.24) is 4.90 Å². The lowest BCUT2D eigenvalue weighted by atomic mass is 10.1. The molecule has 2 aromatic rings. The number of carbonyl (C=O) groups is 1. The number of piperazine rings is 1. The summed E-state index contributed by atoms with van der Waals surface area (Å²) in [6.45, 7) is 3.02. The lowest BCUT2D eigenvalue weighted by Gasteiger charge is -2.36. The average Bonchev–Trinajstić information content (AvgIpc) is 2.67. The summed E-state index contributed by atoms with van der Waals surface area (Å²) in [5, 5.41) is 0. The van der Waals surface area contributed by atoms with E-state index in [4.69, 9.17) is 9.47 Å². The van der Waals surface area contributed by atoms with Crippen molar-refractivity contribution in [2.45, 2.75) is 0 Å². The van der Waals surface area contributed by atoms with Crippen LogP contribution in [0.5, 0.6) is 11.5 Å². The third-order valence-corrected chi connectivity index (χ3v) is 4.30. The van der Waals surface area contributed by atoms with Crippen LogP contribution in [0.3, 0.4) is 0 Å². The molecule has 0 aliphatic carbocycles. The van der Waals surface area contributed by atoms with Crippen LogP contribution in [0.2, 0.25) is 0 Å². The van der Waals surface area contributed by atoms with Gasteiger partial charge < -0.3 is 19.3 Å². The normalized spacial score (nSPS) is 14.4. The molecule has 0 radical (unpaired) electrons. The molecular weight excluding hydrogens is 304 g/mol. The second-order valence-electron chi connectivity index (χ2n) is 5.71. The molecule has 0 unspecified atom stereocenters. The second kappa shape index (κ2) is 7.25. The van der Waals surface area contributed by atoms with Crippen molar-refractivity contribution in [1.29, 1.82) is 0 Å². The minimum Gasteiger partial charge on any atom is -0.497 e. The summed E-state index contributed by atoms with van der Waals surface area (Å²) in [6, 6.07) is 15.3. The molecule has 126 valence electrons. The Labute approximate surface area is 142 Å². The van der Waals surface area contributed by atoms with E-state index in [9.17, 15) is 4.79 Å². The molecule has 0 saturated carbocycles. The number of benzene rings is 2. The third kappa shape index (κ3) is 3.45. The third-order valence-electron chi connectivity index (χ3n) is 4.30. The van der Waals surface area contributed by atoms with E-state index in [-0.39, 0.29) is 5.91 Å². The van der Waals surface area contributed by atoms with E-state index >= 15 is 0 Å². The van der Waals surface area contributed by atoms with E-state index in [1.807, 2.05) is 41.3 Å². The Kier molecular flexibility index (Phi) is 4.89. The van der Waals surface area contributed by atoms with Gasteiger partial charge in [-0.2, -0.15) is 0 Å². The molecule has 1 fully saturated rings. The number of hydrogen-bond acceptors (Lipinski definition) is 4. The van der Waals surface area contributed by atoms with Crippen molar-refractivity contribution in [2.75, 3.05) is 45.3 Å². The highest BCUT2D eigenvalue weighted by Crippen LogP contribution is 2.23. The summed E-state index contributed by atoms with van der Waals surface area (Å²) < 4.78 is 10.5. The van der Waals surface area contributed by atoms with Crippen molar-refractivity contribution < 1.29 is 14.3 Å². The average molecular weight is 326 g/mol. The Morgan fingerprint density at radius 1 is 0.875 bits per heavy atom. The molecule has 3 rings (SSSR count). The Hall–Kier alpha value is -2.69. The summed E-state index contributed by atoms with van der Waals surface area (Å²) in [5.74, 6) is 1.61. The molecule has 2 aromatic carbocycles. The maximum atomic E-state index is 12.6. The highest BCUT2D eigenvalue weighted by atomic mass is 16.5. The molecule has 1 aliphatic rings. The van der Waals surface area contributed by atoms with Crippen molar-refractivity contribution in [3.05, 3.63) is 54.1 Å². The van der Waals surface area contributed by atoms with Gasteiger partial charge in [-0.3, -0.25) is 4.79 Å². The topological polar surface area (TPSA) is 42.0 Å². The maximum Gasteiger partial charge on any atom is 0.254 e. The van der Waals surface area contributed by atoms with Gasteiger partial charge in [0.2, 0.25) is 0 Å². The Balaban J connectivity index is 1.64. The lowest BCUT2D eigenvalue weighted by molar-refractivity contribution is 0.0746. The number of hydrogen-bond donors (Lipinski definition) is 0. The number of carbonyl (C=O) groups excluding carboxylic acids is 1. The summed E-state index contributed by atoms with van der Waals surface area (Å²) in [6.07, 6.45) is 0. The van der Waals surface area contributed by atoms with Gasteiger partial charge in [-0.05, 0) is 30.3 Å². The van der Waals surface area contributed by atoms with Gasteiger partial charge in [0.1, 0.15) is 11.5 Å². The molecule has 0 aromatic heterocycles. The van der Waals surface area contributed by atoms with Crippen LogP contribution in [0.25, 0.3) is 0 Å². The SMILES string of the molecule is COc1cccc(C(=O)N2CCN(c3cccc(OC)c3)CC2)c1. The molecule has 0 bridgehead atoms. The van der Waals surface area contributed by atoms with Gasteiger partial charge >= 0.3 is 0 Å². The van der Waals surface area contributed by atoms with Crippen LogP contribution in [0.4, 0.5) is 5.69 Å². The molecule has 0 atom stereocenters.